The second-order valence-electron chi connectivity index (χ2n) is 5.87. The molecule has 0 aliphatic heterocycles. The van der Waals surface area contributed by atoms with Gasteiger partial charge < -0.3 is 9.47 Å². The van der Waals surface area contributed by atoms with Gasteiger partial charge in [-0.05, 0) is 23.4 Å². The van der Waals surface area contributed by atoms with Crippen molar-refractivity contribution < 1.29 is 14.3 Å². The zero-order chi connectivity index (χ0) is 16.9. The number of esters is 1. The van der Waals surface area contributed by atoms with E-state index < -0.39 is 14.0 Å². The first-order valence-electron chi connectivity index (χ1n) is 7.43. The number of hydrogen-bond donors (Lipinski definition) is 0. The molecule has 0 aliphatic carbocycles. The average Bonchev–Trinajstić information content (AvgIpc) is 2.52. The molecule has 0 bridgehead atoms. The lowest BCUT2D eigenvalue weighted by atomic mass is 10.2. The lowest BCUT2D eigenvalue weighted by molar-refractivity contribution is 0.0732. The minimum absolute atomic E-state index is 0.333. The fourth-order valence-corrected chi connectivity index (χ4v) is 3.53. The topological polar surface area (TPSA) is 35.5 Å². The molecular weight excluding hydrogens is 304 g/mol. The number of hydrogen-bond acceptors (Lipinski definition) is 3. The van der Waals surface area contributed by atoms with Crippen molar-refractivity contribution in [2.75, 3.05) is 6.61 Å². The summed E-state index contributed by atoms with van der Waals surface area (Å²) in [6.07, 6.45) is 1.63. The van der Waals surface area contributed by atoms with Crippen LogP contribution in [0.2, 0.25) is 13.1 Å². The summed E-state index contributed by atoms with van der Waals surface area (Å²) in [7, 11) is -1.85. The monoisotopic (exact) mass is 325 g/mol. The van der Waals surface area contributed by atoms with E-state index in [9.17, 15) is 4.79 Å². The summed E-state index contributed by atoms with van der Waals surface area (Å²) in [6, 6.07) is 14.6. The van der Waals surface area contributed by atoms with E-state index in [1.807, 2.05) is 24.3 Å². The number of benzene rings is 2. The third-order valence-electron chi connectivity index (χ3n) is 3.28. The fourth-order valence-electron chi connectivity index (χ4n) is 2.18. The number of ether oxygens (including phenoxy) is 2. The summed E-state index contributed by atoms with van der Waals surface area (Å²) in [5.74, 6) is 0.624. The Morgan fingerprint density at radius 2 is 1.70 bits per heavy atom. The largest absolute Gasteiger partial charge is 0.489 e. The highest BCUT2D eigenvalue weighted by Gasteiger charge is 2.23. The smallest absolute Gasteiger partial charge is 0.347 e. The van der Waals surface area contributed by atoms with Gasteiger partial charge in [-0.2, -0.15) is 0 Å². The molecule has 119 valence electrons. The van der Waals surface area contributed by atoms with E-state index >= 15 is 0 Å². The van der Waals surface area contributed by atoms with Crippen LogP contribution in [-0.2, 0) is 0 Å². The zero-order valence-corrected chi connectivity index (χ0v) is 14.5. The SMILES string of the molecule is [CH2][Si](C)(C)c1ccccc1OC(=O)c1ccccc1OCC=C. The first kappa shape index (κ1) is 17.0. The Labute approximate surface area is 138 Å². The highest BCUT2D eigenvalue weighted by atomic mass is 28.3. The molecule has 0 aromatic heterocycles. The van der Waals surface area contributed by atoms with Gasteiger partial charge >= 0.3 is 5.97 Å². The molecule has 23 heavy (non-hydrogen) atoms. The molecule has 0 atom stereocenters. The van der Waals surface area contributed by atoms with Crippen molar-refractivity contribution in [3.63, 3.8) is 0 Å². The van der Waals surface area contributed by atoms with Crippen molar-refractivity contribution in [2.24, 2.45) is 0 Å². The standard InChI is InChI=1S/C19H21O3Si/c1-5-14-21-16-11-7-6-10-15(16)19(20)22-17-12-8-9-13-18(17)23(2,3)4/h5-13H,1-2,14H2,3-4H3. The van der Waals surface area contributed by atoms with Gasteiger partial charge in [-0.3, -0.25) is 0 Å². The van der Waals surface area contributed by atoms with Crippen LogP contribution in [0.4, 0.5) is 0 Å². The Morgan fingerprint density at radius 3 is 2.35 bits per heavy atom. The molecule has 0 saturated carbocycles. The lowest BCUT2D eigenvalue weighted by Crippen LogP contribution is -2.39. The van der Waals surface area contributed by atoms with Gasteiger partial charge in [-0.1, -0.05) is 62.6 Å². The number of para-hydroxylation sites is 2. The summed E-state index contributed by atoms with van der Waals surface area (Å²) < 4.78 is 11.1. The third kappa shape index (κ3) is 4.33. The molecule has 2 rings (SSSR count). The molecule has 0 unspecified atom stereocenters. The third-order valence-corrected chi connectivity index (χ3v) is 5.15. The summed E-state index contributed by atoms with van der Waals surface area (Å²) in [6.45, 7) is 12.4. The van der Waals surface area contributed by atoms with E-state index in [1.54, 1.807) is 30.3 Å². The molecular formula is C19H21O3Si. The highest BCUT2D eigenvalue weighted by molar-refractivity contribution is 6.91. The van der Waals surface area contributed by atoms with Gasteiger partial charge in [-0.15, -0.1) is 0 Å². The maximum atomic E-state index is 12.5. The first-order valence-corrected chi connectivity index (χ1v) is 10.6. The molecule has 0 amide bonds. The molecule has 0 heterocycles. The summed E-state index contributed by atoms with van der Waals surface area (Å²) in [5.41, 5.74) is 0.396. The maximum Gasteiger partial charge on any atom is 0.347 e. The van der Waals surface area contributed by atoms with Crippen LogP contribution in [0.5, 0.6) is 11.5 Å². The minimum atomic E-state index is -1.85. The quantitative estimate of drug-likeness (QED) is 0.351. The van der Waals surface area contributed by atoms with Crippen molar-refractivity contribution in [3.05, 3.63) is 73.3 Å². The van der Waals surface area contributed by atoms with Crippen molar-refractivity contribution in [1.29, 1.82) is 0 Å². The normalized spacial score (nSPS) is 10.9. The number of rotatable bonds is 6. The van der Waals surface area contributed by atoms with Crippen LogP contribution in [0.1, 0.15) is 10.4 Å². The second-order valence-corrected chi connectivity index (χ2v) is 10.2. The van der Waals surface area contributed by atoms with Crippen LogP contribution < -0.4 is 14.7 Å². The Kier molecular flexibility index (Phi) is 5.39. The van der Waals surface area contributed by atoms with Gasteiger partial charge in [0.05, 0.1) is 8.07 Å². The minimum Gasteiger partial charge on any atom is -0.489 e. The predicted molar refractivity (Wildman–Crippen MR) is 96.0 cm³/mol. The van der Waals surface area contributed by atoms with E-state index in [0.717, 1.165) is 5.19 Å². The van der Waals surface area contributed by atoms with Crippen molar-refractivity contribution >= 4 is 19.2 Å². The van der Waals surface area contributed by atoms with Crippen molar-refractivity contribution in [3.8, 4) is 11.5 Å². The Morgan fingerprint density at radius 1 is 1.09 bits per heavy atom. The van der Waals surface area contributed by atoms with E-state index in [0.29, 0.717) is 23.7 Å². The van der Waals surface area contributed by atoms with Gasteiger partial charge in [0.1, 0.15) is 23.7 Å². The second kappa shape index (κ2) is 7.29. The number of carbonyl (C=O) groups is 1. The van der Waals surface area contributed by atoms with Gasteiger partial charge in [-0.25, -0.2) is 4.79 Å². The van der Waals surface area contributed by atoms with Crippen LogP contribution >= 0.6 is 0 Å². The van der Waals surface area contributed by atoms with E-state index in [2.05, 4.69) is 26.2 Å². The zero-order valence-electron chi connectivity index (χ0n) is 13.5. The highest BCUT2D eigenvalue weighted by Crippen LogP contribution is 2.21. The Balaban J connectivity index is 2.29. The van der Waals surface area contributed by atoms with Crippen LogP contribution in [-0.4, -0.2) is 20.7 Å². The molecule has 2 aromatic carbocycles. The van der Waals surface area contributed by atoms with Crippen LogP contribution in [0, 0.1) is 6.55 Å². The fraction of sp³-hybridized carbons (Fsp3) is 0.158. The Bertz CT molecular complexity index is 702. The number of carbonyl (C=O) groups excluding carboxylic acids is 1. The first-order chi connectivity index (χ1) is 10.9. The van der Waals surface area contributed by atoms with Crippen molar-refractivity contribution in [2.45, 2.75) is 13.1 Å². The van der Waals surface area contributed by atoms with Crippen molar-refractivity contribution in [1.82, 2.24) is 0 Å². The molecule has 3 nitrogen and oxygen atoms in total. The van der Waals surface area contributed by atoms with E-state index in [-0.39, 0.29) is 0 Å². The van der Waals surface area contributed by atoms with Gasteiger partial charge in [0, 0.05) is 0 Å². The maximum absolute atomic E-state index is 12.5. The molecule has 0 aliphatic rings. The van der Waals surface area contributed by atoms with Gasteiger partial charge in [0.15, 0.2) is 0 Å². The van der Waals surface area contributed by atoms with Crippen LogP contribution in [0.25, 0.3) is 0 Å². The molecule has 1 radical (unpaired) electrons. The van der Waals surface area contributed by atoms with Gasteiger partial charge in [0.2, 0.25) is 0 Å². The molecule has 2 aromatic rings. The molecule has 4 heteroatoms. The molecule has 0 spiro atoms. The van der Waals surface area contributed by atoms with Crippen LogP contribution in [0.3, 0.4) is 0 Å². The molecule has 0 saturated heterocycles. The van der Waals surface area contributed by atoms with E-state index in [1.165, 1.54) is 0 Å². The average molecular weight is 325 g/mol. The summed E-state index contributed by atoms with van der Waals surface area (Å²) in [4.78, 5) is 12.5. The predicted octanol–water partition coefficient (Wildman–Crippen LogP) is 3.76. The lowest BCUT2D eigenvalue weighted by Gasteiger charge is -2.20. The summed E-state index contributed by atoms with van der Waals surface area (Å²) >= 11 is 0. The molecule has 0 N–H and O–H groups in total. The van der Waals surface area contributed by atoms with Crippen LogP contribution in [0.15, 0.2) is 61.2 Å². The Hall–Kier alpha value is -2.33. The summed E-state index contributed by atoms with van der Waals surface area (Å²) in [5, 5.41) is 1.01. The van der Waals surface area contributed by atoms with E-state index in [4.69, 9.17) is 9.47 Å². The molecule has 0 fully saturated rings. The van der Waals surface area contributed by atoms with Gasteiger partial charge in [0.25, 0.3) is 0 Å².